The van der Waals surface area contributed by atoms with Gasteiger partial charge in [-0.1, -0.05) is 11.6 Å². The normalized spacial score (nSPS) is 11.8. The minimum Gasteiger partial charge on any atom is -0.316 e. The lowest BCUT2D eigenvalue weighted by Crippen LogP contribution is -2.22. The number of carbonyl (C=O) groups excluding carboxylic acids is 1. The number of nitrogens with zero attached hydrogens (tertiary/aromatic N) is 1. The molecule has 0 saturated carbocycles. The topological polar surface area (TPSA) is 52.9 Å². The summed E-state index contributed by atoms with van der Waals surface area (Å²) in [7, 11) is 0. The van der Waals surface area contributed by atoms with Crippen LogP contribution in [0.1, 0.15) is 22.9 Å². The van der Waals surface area contributed by atoms with Gasteiger partial charge in [-0.2, -0.15) is 5.26 Å². The molecular formula is C16H15ClN2OS2. The van der Waals surface area contributed by atoms with Crippen LogP contribution in [0.15, 0.2) is 29.2 Å². The predicted molar refractivity (Wildman–Crippen MR) is 93.9 cm³/mol. The number of benzene rings is 1. The highest BCUT2D eigenvalue weighted by atomic mass is 35.5. The molecule has 3 nitrogen and oxygen atoms in total. The zero-order chi connectivity index (χ0) is 16.3. The third-order valence-corrected chi connectivity index (χ3v) is 5.72. The molecule has 0 fully saturated rings. The maximum absolute atomic E-state index is 12.3. The van der Waals surface area contributed by atoms with E-state index in [1.807, 2.05) is 32.9 Å². The Labute approximate surface area is 143 Å². The van der Waals surface area contributed by atoms with Crippen LogP contribution in [0.5, 0.6) is 0 Å². The molecule has 114 valence electrons. The fraction of sp³-hybridized carbons (Fsp3) is 0.250. The minimum absolute atomic E-state index is 0.113. The van der Waals surface area contributed by atoms with Gasteiger partial charge in [0.15, 0.2) is 0 Å². The van der Waals surface area contributed by atoms with Gasteiger partial charge in [0.05, 0.1) is 10.8 Å². The SMILES string of the molecule is Cc1sc(NC(=O)C(C)Sc2ccc(Cl)cc2)c(C#N)c1C. The van der Waals surface area contributed by atoms with E-state index in [4.69, 9.17) is 11.6 Å². The molecule has 0 aliphatic carbocycles. The van der Waals surface area contributed by atoms with Crippen molar-refractivity contribution in [3.63, 3.8) is 0 Å². The number of amides is 1. The molecule has 22 heavy (non-hydrogen) atoms. The summed E-state index contributed by atoms with van der Waals surface area (Å²) < 4.78 is 0. The van der Waals surface area contributed by atoms with E-state index in [1.54, 1.807) is 12.1 Å². The molecule has 0 aliphatic rings. The first kappa shape index (κ1) is 16.9. The number of rotatable bonds is 4. The molecule has 0 saturated heterocycles. The molecule has 6 heteroatoms. The summed E-state index contributed by atoms with van der Waals surface area (Å²) >= 11 is 8.74. The molecule has 0 aliphatic heterocycles. The second kappa shape index (κ2) is 7.19. The van der Waals surface area contributed by atoms with Crippen LogP contribution in [0.4, 0.5) is 5.00 Å². The van der Waals surface area contributed by atoms with Crippen LogP contribution in [0.3, 0.4) is 0 Å². The van der Waals surface area contributed by atoms with Gasteiger partial charge in [-0.3, -0.25) is 4.79 Å². The Morgan fingerprint density at radius 1 is 1.36 bits per heavy atom. The third kappa shape index (κ3) is 3.83. The molecule has 0 radical (unpaired) electrons. The molecule has 0 spiro atoms. The van der Waals surface area contributed by atoms with Crippen molar-refractivity contribution in [2.45, 2.75) is 30.9 Å². The van der Waals surface area contributed by atoms with E-state index in [9.17, 15) is 10.1 Å². The number of thiophene rings is 1. The Morgan fingerprint density at radius 3 is 2.59 bits per heavy atom. The van der Waals surface area contributed by atoms with E-state index in [1.165, 1.54) is 23.1 Å². The zero-order valence-electron chi connectivity index (χ0n) is 12.4. The highest BCUT2D eigenvalue weighted by Gasteiger charge is 2.19. The Hall–Kier alpha value is -1.48. The van der Waals surface area contributed by atoms with Gasteiger partial charge in [0.2, 0.25) is 5.91 Å². The van der Waals surface area contributed by atoms with Crippen molar-refractivity contribution in [2.75, 3.05) is 5.32 Å². The van der Waals surface area contributed by atoms with Crippen LogP contribution >= 0.6 is 34.7 Å². The molecule has 1 aromatic carbocycles. The van der Waals surface area contributed by atoms with Gasteiger partial charge in [0.1, 0.15) is 11.1 Å². The molecular weight excluding hydrogens is 336 g/mol. The van der Waals surface area contributed by atoms with Crippen LogP contribution in [0, 0.1) is 25.2 Å². The molecule has 2 rings (SSSR count). The van der Waals surface area contributed by atoms with Crippen LogP contribution in [0.2, 0.25) is 5.02 Å². The Kier molecular flexibility index (Phi) is 5.52. The lowest BCUT2D eigenvalue weighted by Gasteiger charge is -2.11. The number of anilines is 1. The van der Waals surface area contributed by atoms with Gasteiger partial charge in [-0.05, 0) is 50.6 Å². The van der Waals surface area contributed by atoms with E-state index in [0.717, 1.165) is 15.3 Å². The second-order valence-electron chi connectivity index (χ2n) is 4.80. The Balaban J connectivity index is 2.07. The van der Waals surface area contributed by atoms with Gasteiger partial charge < -0.3 is 5.32 Å². The number of halogens is 1. The molecule has 1 heterocycles. The fourth-order valence-electron chi connectivity index (χ4n) is 1.83. The fourth-order valence-corrected chi connectivity index (χ4v) is 3.84. The summed E-state index contributed by atoms with van der Waals surface area (Å²) in [5.74, 6) is -0.113. The number of thioether (sulfide) groups is 1. The first-order valence-corrected chi connectivity index (χ1v) is 8.73. The van der Waals surface area contributed by atoms with Crippen molar-refractivity contribution in [1.29, 1.82) is 5.26 Å². The smallest absolute Gasteiger partial charge is 0.238 e. The lowest BCUT2D eigenvalue weighted by molar-refractivity contribution is -0.115. The quantitative estimate of drug-likeness (QED) is 0.788. The summed E-state index contributed by atoms with van der Waals surface area (Å²) in [6.07, 6.45) is 0. The van der Waals surface area contributed by atoms with Crippen LogP contribution in [0.25, 0.3) is 0 Å². The van der Waals surface area contributed by atoms with Crippen molar-refractivity contribution in [2.24, 2.45) is 0 Å². The van der Waals surface area contributed by atoms with E-state index < -0.39 is 0 Å². The number of nitriles is 1. The molecule has 1 N–H and O–H groups in total. The van der Waals surface area contributed by atoms with E-state index >= 15 is 0 Å². The summed E-state index contributed by atoms with van der Waals surface area (Å²) in [5, 5.41) is 13.1. The van der Waals surface area contributed by atoms with Crippen molar-refractivity contribution in [3.8, 4) is 6.07 Å². The highest BCUT2D eigenvalue weighted by molar-refractivity contribution is 8.00. The molecule has 1 atom stereocenters. The molecule has 1 aromatic heterocycles. The average Bonchev–Trinajstić information content (AvgIpc) is 2.75. The number of carbonyl (C=O) groups is 1. The van der Waals surface area contributed by atoms with Gasteiger partial charge in [-0.15, -0.1) is 23.1 Å². The van der Waals surface area contributed by atoms with Gasteiger partial charge in [-0.25, -0.2) is 0 Å². The number of hydrogen-bond acceptors (Lipinski definition) is 4. The van der Waals surface area contributed by atoms with E-state index in [-0.39, 0.29) is 11.2 Å². The molecule has 1 unspecified atom stereocenters. The van der Waals surface area contributed by atoms with Crippen molar-refractivity contribution < 1.29 is 4.79 Å². The van der Waals surface area contributed by atoms with Crippen molar-refractivity contribution in [1.82, 2.24) is 0 Å². The maximum atomic E-state index is 12.3. The van der Waals surface area contributed by atoms with Crippen LogP contribution < -0.4 is 5.32 Å². The summed E-state index contributed by atoms with van der Waals surface area (Å²) in [4.78, 5) is 14.3. The third-order valence-electron chi connectivity index (χ3n) is 3.23. The van der Waals surface area contributed by atoms with E-state index in [0.29, 0.717) is 15.6 Å². The molecule has 1 amide bonds. The van der Waals surface area contributed by atoms with Crippen molar-refractivity contribution in [3.05, 3.63) is 45.3 Å². The highest BCUT2D eigenvalue weighted by Crippen LogP contribution is 2.33. The van der Waals surface area contributed by atoms with Gasteiger partial charge in [0, 0.05) is 14.8 Å². The first-order chi connectivity index (χ1) is 10.4. The Bertz CT molecular complexity index is 732. The summed E-state index contributed by atoms with van der Waals surface area (Å²) in [6.45, 7) is 5.68. The first-order valence-electron chi connectivity index (χ1n) is 6.65. The zero-order valence-corrected chi connectivity index (χ0v) is 14.8. The molecule has 0 bridgehead atoms. The number of nitrogens with one attached hydrogen (secondary N) is 1. The predicted octanol–water partition coefficient (Wildman–Crippen LogP) is 5.01. The largest absolute Gasteiger partial charge is 0.316 e. The van der Waals surface area contributed by atoms with Gasteiger partial charge in [0.25, 0.3) is 0 Å². The van der Waals surface area contributed by atoms with Crippen molar-refractivity contribution >= 4 is 45.6 Å². The van der Waals surface area contributed by atoms with Gasteiger partial charge >= 0.3 is 0 Å². The number of hydrogen-bond donors (Lipinski definition) is 1. The summed E-state index contributed by atoms with van der Waals surface area (Å²) in [6, 6.07) is 9.53. The van der Waals surface area contributed by atoms with E-state index in [2.05, 4.69) is 11.4 Å². The molecule has 2 aromatic rings. The average molecular weight is 351 g/mol. The standard InChI is InChI=1S/C16H15ClN2OS2/c1-9-10(2)22-16(14(9)8-18)19-15(20)11(3)21-13-6-4-12(17)5-7-13/h4-7,11H,1-3H3,(H,19,20). The second-order valence-corrected chi connectivity index (χ2v) is 7.88. The monoisotopic (exact) mass is 350 g/mol. The maximum Gasteiger partial charge on any atom is 0.238 e. The minimum atomic E-state index is -0.268. The van der Waals surface area contributed by atoms with Crippen LogP contribution in [-0.2, 0) is 4.79 Å². The lowest BCUT2D eigenvalue weighted by atomic mass is 10.2. The Morgan fingerprint density at radius 2 is 2.00 bits per heavy atom. The summed E-state index contributed by atoms with van der Waals surface area (Å²) in [5.41, 5.74) is 1.49. The van der Waals surface area contributed by atoms with Crippen LogP contribution in [-0.4, -0.2) is 11.2 Å². The number of aryl methyl sites for hydroxylation is 1.